The number of halogens is 1. The highest BCUT2D eigenvalue weighted by Crippen LogP contribution is 2.40. The zero-order valence-electron chi connectivity index (χ0n) is 22.9. The molecule has 0 spiro atoms. The fourth-order valence-electron chi connectivity index (χ4n) is 4.61. The lowest BCUT2D eigenvalue weighted by Crippen LogP contribution is -2.40. The second kappa shape index (κ2) is 10.1. The molecular formula is C28H35FN6O2Si. The summed E-state index contributed by atoms with van der Waals surface area (Å²) < 4.78 is 27.9. The number of rotatable bonds is 7. The van der Waals surface area contributed by atoms with Gasteiger partial charge in [0.15, 0.2) is 14.0 Å². The third kappa shape index (κ3) is 5.02. The Balaban J connectivity index is 1.45. The Hall–Kier alpha value is -3.37. The van der Waals surface area contributed by atoms with Crippen molar-refractivity contribution in [1.82, 2.24) is 24.6 Å². The molecule has 10 heteroatoms. The van der Waals surface area contributed by atoms with Crippen molar-refractivity contribution in [3.63, 3.8) is 0 Å². The Kier molecular flexibility index (Phi) is 6.95. The summed E-state index contributed by atoms with van der Waals surface area (Å²) in [4.78, 5) is 15.7. The Labute approximate surface area is 224 Å². The Bertz CT molecular complexity index is 1450. The van der Waals surface area contributed by atoms with Crippen LogP contribution >= 0.6 is 0 Å². The van der Waals surface area contributed by atoms with Crippen LogP contribution in [-0.4, -0.2) is 46.5 Å². The van der Waals surface area contributed by atoms with Gasteiger partial charge in [0.05, 0.1) is 37.3 Å². The smallest absolute Gasteiger partial charge is 0.192 e. The van der Waals surface area contributed by atoms with Crippen LogP contribution < -0.4 is 9.64 Å². The molecule has 200 valence electrons. The third-order valence-electron chi connectivity index (χ3n) is 7.82. The summed E-state index contributed by atoms with van der Waals surface area (Å²) >= 11 is 0. The highest BCUT2D eigenvalue weighted by Gasteiger charge is 2.37. The molecule has 4 aromatic rings. The van der Waals surface area contributed by atoms with Crippen LogP contribution in [0.15, 0.2) is 48.9 Å². The number of imidazole rings is 1. The van der Waals surface area contributed by atoms with E-state index in [1.807, 2.05) is 22.7 Å². The van der Waals surface area contributed by atoms with Crippen LogP contribution in [0.2, 0.25) is 18.1 Å². The highest BCUT2D eigenvalue weighted by molar-refractivity contribution is 6.74. The van der Waals surface area contributed by atoms with E-state index in [0.29, 0.717) is 12.4 Å². The minimum absolute atomic E-state index is 0.0317. The molecule has 1 fully saturated rings. The first-order valence-corrected chi connectivity index (χ1v) is 15.9. The standard InChI is InChI=1S/C28H35FN6O2Si/c1-28(2,3)38(5,6)37-17-20-15-22(32-18-31-20)24-16-30-26-11-12-27(33-35(24)26)34-13-7-8-23(34)21-14-19(29)9-10-25(21)36-4/h9-12,14-16,18,23H,7-8,13,17H2,1-6H3/t23-/m1/s1. The molecule has 0 saturated carbocycles. The zero-order valence-corrected chi connectivity index (χ0v) is 23.9. The van der Waals surface area contributed by atoms with Gasteiger partial charge in [0, 0.05) is 12.1 Å². The highest BCUT2D eigenvalue weighted by atomic mass is 28.4. The molecule has 3 aromatic heterocycles. The average Bonchev–Trinajstić information content (AvgIpc) is 3.54. The van der Waals surface area contributed by atoms with Gasteiger partial charge >= 0.3 is 0 Å². The van der Waals surface area contributed by atoms with Crippen molar-refractivity contribution in [2.45, 2.75) is 64.4 Å². The van der Waals surface area contributed by atoms with Gasteiger partial charge in [-0.05, 0) is 67.4 Å². The summed E-state index contributed by atoms with van der Waals surface area (Å²) in [6, 6.07) is 10.5. The average molecular weight is 535 g/mol. The number of aromatic nitrogens is 5. The van der Waals surface area contributed by atoms with Crippen molar-refractivity contribution in [3.05, 3.63) is 66.0 Å². The Morgan fingerprint density at radius 3 is 2.66 bits per heavy atom. The Morgan fingerprint density at radius 1 is 1.08 bits per heavy atom. The normalized spacial score (nSPS) is 16.4. The summed E-state index contributed by atoms with van der Waals surface area (Å²) in [7, 11) is -0.295. The van der Waals surface area contributed by atoms with Crippen molar-refractivity contribution in [3.8, 4) is 17.1 Å². The molecule has 0 amide bonds. The van der Waals surface area contributed by atoms with Crippen molar-refractivity contribution < 1.29 is 13.6 Å². The number of ether oxygens (including phenoxy) is 1. The van der Waals surface area contributed by atoms with Gasteiger partial charge in [-0.3, -0.25) is 0 Å². The topological polar surface area (TPSA) is 77.7 Å². The van der Waals surface area contributed by atoms with E-state index < -0.39 is 8.32 Å². The predicted molar refractivity (Wildman–Crippen MR) is 148 cm³/mol. The lowest BCUT2D eigenvalue weighted by molar-refractivity contribution is 0.272. The first-order chi connectivity index (χ1) is 18.1. The van der Waals surface area contributed by atoms with Crippen LogP contribution in [0.25, 0.3) is 17.0 Å². The maximum atomic E-state index is 14.2. The van der Waals surface area contributed by atoms with Gasteiger partial charge in [-0.2, -0.15) is 0 Å². The molecule has 1 aromatic carbocycles. The number of hydrogen-bond acceptors (Lipinski definition) is 7. The number of methoxy groups -OCH3 is 1. The summed E-state index contributed by atoms with van der Waals surface area (Å²) in [5.41, 5.74) is 3.89. The zero-order chi connectivity index (χ0) is 27.1. The van der Waals surface area contributed by atoms with Gasteiger partial charge in [-0.25, -0.2) is 23.9 Å². The van der Waals surface area contributed by atoms with E-state index in [1.54, 1.807) is 31.8 Å². The van der Waals surface area contributed by atoms with Crippen molar-refractivity contribution >= 4 is 19.8 Å². The van der Waals surface area contributed by atoms with Crippen molar-refractivity contribution in [2.75, 3.05) is 18.6 Å². The molecule has 0 unspecified atom stereocenters. The quantitative estimate of drug-likeness (QED) is 0.261. The van der Waals surface area contributed by atoms with Gasteiger partial charge in [0.1, 0.15) is 29.4 Å². The van der Waals surface area contributed by atoms with Gasteiger partial charge in [0.25, 0.3) is 0 Å². The van der Waals surface area contributed by atoms with Gasteiger partial charge in [-0.15, -0.1) is 5.10 Å². The fourth-order valence-corrected chi connectivity index (χ4v) is 5.55. The summed E-state index contributed by atoms with van der Waals surface area (Å²) in [6.45, 7) is 12.4. The number of nitrogens with zero attached hydrogens (tertiary/aromatic N) is 6. The molecule has 1 saturated heterocycles. The molecule has 1 atom stereocenters. The molecule has 8 nitrogen and oxygen atoms in total. The van der Waals surface area contributed by atoms with E-state index in [-0.39, 0.29) is 16.9 Å². The fraction of sp³-hybridized carbons (Fsp3) is 0.429. The van der Waals surface area contributed by atoms with E-state index >= 15 is 0 Å². The van der Waals surface area contributed by atoms with E-state index in [9.17, 15) is 4.39 Å². The lowest BCUT2D eigenvalue weighted by atomic mass is 10.0. The van der Waals surface area contributed by atoms with Crippen LogP contribution in [0, 0.1) is 5.82 Å². The summed E-state index contributed by atoms with van der Waals surface area (Å²) in [5, 5.41) is 5.07. The van der Waals surface area contributed by atoms with Crippen molar-refractivity contribution in [2.24, 2.45) is 0 Å². The van der Waals surface area contributed by atoms with Gasteiger partial charge < -0.3 is 14.1 Å². The van der Waals surface area contributed by atoms with E-state index in [4.69, 9.17) is 14.3 Å². The molecule has 0 bridgehead atoms. The number of hydrogen-bond donors (Lipinski definition) is 0. The molecule has 1 aliphatic heterocycles. The first kappa shape index (κ1) is 26.2. The van der Waals surface area contributed by atoms with E-state index in [0.717, 1.165) is 53.5 Å². The maximum Gasteiger partial charge on any atom is 0.192 e. The maximum absolute atomic E-state index is 14.2. The molecule has 0 radical (unpaired) electrons. The molecule has 0 N–H and O–H groups in total. The van der Waals surface area contributed by atoms with Crippen LogP contribution in [0.1, 0.15) is 50.9 Å². The lowest BCUT2D eigenvalue weighted by Gasteiger charge is -2.36. The van der Waals surface area contributed by atoms with Crippen LogP contribution in [-0.2, 0) is 11.0 Å². The van der Waals surface area contributed by atoms with Crippen molar-refractivity contribution in [1.29, 1.82) is 0 Å². The second-order valence-corrected chi connectivity index (χ2v) is 16.1. The minimum Gasteiger partial charge on any atom is -0.496 e. The monoisotopic (exact) mass is 534 g/mol. The van der Waals surface area contributed by atoms with Crippen LogP contribution in [0.3, 0.4) is 0 Å². The van der Waals surface area contributed by atoms with Crippen LogP contribution in [0.4, 0.5) is 10.2 Å². The molecule has 38 heavy (non-hydrogen) atoms. The van der Waals surface area contributed by atoms with Crippen LogP contribution in [0.5, 0.6) is 5.75 Å². The number of benzene rings is 1. The largest absolute Gasteiger partial charge is 0.496 e. The van der Waals surface area contributed by atoms with E-state index in [2.05, 4.69) is 53.7 Å². The number of anilines is 1. The SMILES string of the molecule is COc1ccc(F)cc1[C@H]1CCCN1c1ccc2ncc(-c3cc(CO[Si](C)(C)C(C)(C)C)ncn3)n2n1. The van der Waals surface area contributed by atoms with Gasteiger partial charge in [0.2, 0.25) is 0 Å². The number of fused-ring (bicyclic) bond motifs is 1. The summed E-state index contributed by atoms with van der Waals surface area (Å²) in [5.74, 6) is 1.20. The molecule has 4 heterocycles. The Morgan fingerprint density at radius 2 is 1.89 bits per heavy atom. The van der Waals surface area contributed by atoms with E-state index in [1.165, 1.54) is 6.07 Å². The minimum atomic E-state index is -1.91. The second-order valence-electron chi connectivity index (χ2n) is 11.3. The molecule has 0 aliphatic carbocycles. The molecule has 5 rings (SSSR count). The third-order valence-corrected chi connectivity index (χ3v) is 12.3. The molecular weight excluding hydrogens is 499 g/mol. The summed E-state index contributed by atoms with van der Waals surface area (Å²) in [6.07, 6.45) is 5.21. The first-order valence-electron chi connectivity index (χ1n) is 13.0. The molecule has 1 aliphatic rings. The predicted octanol–water partition coefficient (Wildman–Crippen LogP) is 6.20. The van der Waals surface area contributed by atoms with Gasteiger partial charge in [-0.1, -0.05) is 20.8 Å².